The average molecular weight is 269 g/mol. The number of nitrogens with zero attached hydrogens (tertiary/aromatic N) is 1. The summed E-state index contributed by atoms with van der Waals surface area (Å²) in [5.74, 6) is 1.81. The first-order valence-electron chi connectivity index (χ1n) is 5.76. The zero-order valence-corrected chi connectivity index (χ0v) is 10.9. The highest BCUT2D eigenvalue weighted by molar-refractivity contribution is 7.99. The lowest BCUT2D eigenvalue weighted by molar-refractivity contribution is -0.126. The predicted octanol–water partition coefficient (Wildman–Crippen LogP) is 0.887. The number of hydrazine groups is 1. The van der Waals surface area contributed by atoms with Gasteiger partial charge in [-0.15, -0.1) is 0 Å². The quantitative estimate of drug-likeness (QED) is 0.779. The number of oxazole rings is 1. The zero-order chi connectivity index (χ0) is 13.0. The summed E-state index contributed by atoms with van der Waals surface area (Å²) >= 11 is 1.85. The summed E-state index contributed by atoms with van der Waals surface area (Å²) in [5, 5.41) is 0. The summed E-state index contributed by atoms with van der Waals surface area (Å²) in [5.41, 5.74) is 4.98. The number of amides is 2. The Balaban J connectivity index is 1.82. The van der Waals surface area contributed by atoms with E-state index < -0.39 is 5.91 Å². The van der Waals surface area contributed by atoms with Crippen molar-refractivity contribution >= 4 is 23.6 Å². The monoisotopic (exact) mass is 269 g/mol. The van der Waals surface area contributed by atoms with Crippen LogP contribution in [0.4, 0.5) is 0 Å². The number of carbonyl (C=O) groups excluding carboxylic acids is 2. The highest BCUT2D eigenvalue weighted by Gasteiger charge is 2.22. The lowest BCUT2D eigenvalue weighted by Crippen LogP contribution is -2.45. The number of thioether (sulfide) groups is 1. The van der Waals surface area contributed by atoms with Gasteiger partial charge in [0.05, 0.1) is 0 Å². The van der Waals surface area contributed by atoms with Gasteiger partial charge in [-0.2, -0.15) is 11.8 Å². The van der Waals surface area contributed by atoms with E-state index in [4.69, 9.17) is 4.42 Å². The maximum atomic E-state index is 11.8. The summed E-state index contributed by atoms with van der Waals surface area (Å²) in [7, 11) is 0. The Bertz CT molecular complexity index is 440. The number of carbonyl (C=O) groups is 2. The van der Waals surface area contributed by atoms with Gasteiger partial charge in [0.15, 0.2) is 12.1 Å². The van der Waals surface area contributed by atoms with Gasteiger partial charge in [-0.05, 0) is 31.3 Å². The Kier molecular flexibility index (Phi) is 4.24. The second-order valence-corrected chi connectivity index (χ2v) is 5.31. The standard InChI is InChI=1S/C11H15N3O3S/c1-7-9(12-6-17-7)11(16)14-13-10(15)8-2-4-18-5-3-8/h6,8H,2-5H2,1H3,(H,13,15)(H,14,16). The van der Waals surface area contributed by atoms with Gasteiger partial charge in [0, 0.05) is 5.92 Å². The van der Waals surface area contributed by atoms with Crippen LogP contribution in [0.5, 0.6) is 0 Å². The Morgan fingerprint density at radius 3 is 2.72 bits per heavy atom. The Hall–Kier alpha value is -1.50. The van der Waals surface area contributed by atoms with Crippen LogP contribution in [0.3, 0.4) is 0 Å². The largest absolute Gasteiger partial charge is 0.448 e. The highest BCUT2D eigenvalue weighted by Crippen LogP contribution is 2.22. The molecule has 18 heavy (non-hydrogen) atoms. The molecule has 1 fully saturated rings. The molecule has 0 spiro atoms. The fourth-order valence-electron chi connectivity index (χ4n) is 1.76. The molecule has 0 unspecified atom stereocenters. The molecular weight excluding hydrogens is 254 g/mol. The van der Waals surface area contributed by atoms with Gasteiger partial charge in [-0.25, -0.2) is 4.98 Å². The van der Waals surface area contributed by atoms with Crippen molar-refractivity contribution in [1.29, 1.82) is 0 Å². The third-order valence-electron chi connectivity index (χ3n) is 2.85. The summed E-state index contributed by atoms with van der Waals surface area (Å²) in [6.45, 7) is 1.64. The van der Waals surface area contributed by atoms with E-state index in [2.05, 4.69) is 15.8 Å². The minimum absolute atomic E-state index is 0.00930. The van der Waals surface area contributed by atoms with Crippen LogP contribution >= 0.6 is 11.8 Å². The lowest BCUT2D eigenvalue weighted by Gasteiger charge is -2.20. The molecule has 2 heterocycles. The molecule has 0 saturated carbocycles. The van der Waals surface area contributed by atoms with E-state index in [-0.39, 0.29) is 17.5 Å². The van der Waals surface area contributed by atoms with Crippen molar-refractivity contribution in [2.45, 2.75) is 19.8 Å². The van der Waals surface area contributed by atoms with Crippen LogP contribution in [-0.2, 0) is 4.79 Å². The third kappa shape index (κ3) is 3.04. The Labute approximate surface area is 109 Å². The first-order valence-corrected chi connectivity index (χ1v) is 6.92. The number of hydrogen-bond acceptors (Lipinski definition) is 5. The molecule has 0 radical (unpaired) electrons. The van der Waals surface area contributed by atoms with Crippen LogP contribution < -0.4 is 10.9 Å². The van der Waals surface area contributed by atoms with Crippen LogP contribution in [0.2, 0.25) is 0 Å². The van der Waals surface area contributed by atoms with Crippen molar-refractivity contribution < 1.29 is 14.0 Å². The number of hydrogen-bond donors (Lipinski definition) is 2. The molecule has 1 saturated heterocycles. The molecule has 2 rings (SSSR count). The van der Waals surface area contributed by atoms with E-state index >= 15 is 0 Å². The molecular formula is C11H15N3O3S. The van der Waals surface area contributed by atoms with Crippen molar-refractivity contribution in [3.05, 3.63) is 17.8 Å². The summed E-state index contributed by atoms with van der Waals surface area (Å²) in [6, 6.07) is 0. The maximum Gasteiger partial charge on any atom is 0.291 e. The first kappa shape index (κ1) is 12.9. The molecule has 98 valence electrons. The zero-order valence-electron chi connectivity index (χ0n) is 10.1. The fraction of sp³-hybridized carbons (Fsp3) is 0.545. The summed E-state index contributed by atoms with van der Waals surface area (Å²) in [4.78, 5) is 27.2. The first-order chi connectivity index (χ1) is 8.68. The van der Waals surface area contributed by atoms with Crippen molar-refractivity contribution in [3.8, 4) is 0 Å². The van der Waals surface area contributed by atoms with Gasteiger partial charge in [-0.3, -0.25) is 20.4 Å². The molecule has 1 aromatic heterocycles. The van der Waals surface area contributed by atoms with E-state index in [1.54, 1.807) is 6.92 Å². The normalized spacial score (nSPS) is 16.3. The smallest absolute Gasteiger partial charge is 0.291 e. The van der Waals surface area contributed by atoms with E-state index in [0.29, 0.717) is 5.76 Å². The molecule has 7 heteroatoms. The average Bonchev–Trinajstić information content (AvgIpc) is 2.83. The topological polar surface area (TPSA) is 84.2 Å². The number of rotatable bonds is 2. The van der Waals surface area contributed by atoms with Gasteiger partial charge in [0.1, 0.15) is 5.76 Å². The van der Waals surface area contributed by atoms with Gasteiger partial charge in [-0.1, -0.05) is 0 Å². The molecule has 6 nitrogen and oxygen atoms in total. The highest BCUT2D eigenvalue weighted by atomic mass is 32.2. The fourth-order valence-corrected chi connectivity index (χ4v) is 2.87. The molecule has 1 aromatic rings. The van der Waals surface area contributed by atoms with Crippen molar-refractivity contribution in [3.63, 3.8) is 0 Å². The maximum absolute atomic E-state index is 11.8. The van der Waals surface area contributed by atoms with Gasteiger partial charge >= 0.3 is 0 Å². The molecule has 0 aliphatic carbocycles. The van der Waals surface area contributed by atoms with E-state index in [0.717, 1.165) is 24.3 Å². The van der Waals surface area contributed by atoms with E-state index in [1.807, 2.05) is 11.8 Å². The molecule has 0 atom stereocenters. The Morgan fingerprint density at radius 1 is 1.39 bits per heavy atom. The van der Waals surface area contributed by atoms with Crippen LogP contribution in [0, 0.1) is 12.8 Å². The second-order valence-electron chi connectivity index (χ2n) is 4.09. The van der Waals surface area contributed by atoms with Gasteiger partial charge in [0.25, 0.3) is 5.91 Å². The number of nitrogens with one attached hydrogen (secondary N) is 2. The summed E-state index contributed by atoms with van der Waals surface area (Å²) < 4.78 is 4.92. The minimum Gasteiger partial charge on any atom is -0.448 e. The molecule has 2 amide bonds. The molecule has 1 aliphatic rings. The predicted molar refractivity (Wildman–Crippen MR) is 66.9 cm³/mol. The van der Waals surface area contributed by atoms with Crippen molar-refractivity contribution in [2.24, 2.45) is 5.92 Å². The van der Waals surface area contributed by atoms with Crippen LogP contribution in [0.25, 0.3) is 0 Å². The summed E-state index contributed by atoms with van der Waals surface area (Å²) in [6.07, 6.45) is 2.91. The van der Waals surface area contributed by atoms with Crippen LogP contribution in [0.1, 0.15) is 29.1 Å². The molecule has 1 aliphatic heterocycles. The third-order valence-corrected chi connectivity index (χ3v) is 3.90. The second kappa shape index (κ2) is 5.90. The van der Waals surface area contributed by atoms with E-state index in [1.165, 1.54) is 6.39 Å². The van der Waals surface area contributed by atoms with Crippen LogP contribution in [0.15, 0.2) is 10.8 Å². The van der Waals surface area contributed by atoms with E-state index in [9.17, 15) is 9.59 Å². The van der Waals surface area contributed by atoms with Crippen LogP contribution in [-0.4, -0.2) is 28.3 Å². The van der Waals surface area contributed by atoms with Gasteiger partial charge in [0.2, 0.25) is 5.91 Å². The van der Waals surface area contributed by atoms with Gasteiger partial charge < -0.3 is 4.42 Å². The minimum atomic E-state index is -0.459. The van der Waals surface area contributed by atoms with Crippen molar-refractivity contribution in [2.75, 3.05) is 11.5 Å². The Morgan fingerprint density at radius 2 is 2.11 bits per heavy atom. The van der Waals surface area contributed by atoms with Crippen molar-refractivity contribution in [1.82, 2.24) is 15.8 Å². The SMILES string of the molecule is Cc1ocnc1C(=O)NNC(=O)C1CCSCC1. The molecule has 2 N–H and O–H groups in total. The number of aryl methyl sites for hydroxylation is 1. The molecule has 0 aromatic carbocycles. The number of aromatic nitrogens is 1. The molecule has 0 bridgehead atoms. The lowest BCUT2D eigenvalue weighted by atomic mass is 10.0.